The number of nitrogens with zero attached hydrogens (tertiary/aromatic N) is 2. The summed E-state index contributed by atoms with van der Waals surface area (Å²) in [5.41, 5.74) is -0.899. The second-order valence-electron chi connectivity index (χ2n) is 6.53. The summed E-state index contributed by atoms with van der Waals surface area (Å²) in [6.45, 7) is 1.74. The molecule has 0 saturated carbocycles. The zero-order valence-electron chi connectivity index (χ0n) is 13.2. The van der Waals surface area contributed by atoms with Gasteiger partial charge < -0.3 is 14.9 Å². The first kappa shape index (κ1) is 18.0. The summed E-state index contributed by atoms with van der Waals surface area (Å²) in [6, 6.07) is 0. The van der Waals surface area contributed by atoms with Crippen molar-refractivity contribution >= 4 is 11.8 Å². The molecule has 132 valence electrons. The Morgan fingerprint density at radius 3 is 2.30 bits per heavy atom. The highest BCUT2D eigenvalue weighted by atomic mass is 19.4. The third-order valence-corrected chi connectivity index (χ3v) is 5.06. The Hall–Kier alpha value is -1.31. The molecule has 0 unspecified atom stereocenters. The molecular weight excluding hydrogens is 313 g/mol. The van der Waals surface area contributed by atoms with E-state index in [0.29, 0.717) is 19.4 Å². The lowest BCUT2D eigenvalue weighted by molar-refractivity contribution is -0.186. The quantitative estimate of drug-likeness (QED) is 0.851. The van der Waals surface area contributed by atoms with Gasteiger partial charge in [0, 0.05) is 26.6 Å². The molecule has 2 saturated heterocycles. The van der Waals surface area contributed by atoms with Crippen LogP contribution in [0, 0.1) is 5.92 Å². The SMILES string of the molecule is CC(=O)N1CCC[C@]1(CO)CC(=O)N1CCC(C(F)(F)F)CC1. The average Bonchev–Trinajstić information content (AvgIpc) is 2.91. The maximum atomic E-state index is 12.7. The maximum Gasteiger partial charge on any atom is 0.391 e. The molecule has 0 aromatic rings. The highest BCUT2D eigenvalue weighted by Gasteiger charge is 2.46. The summed E-state index contributed by atoms with van der Waals surface area (Å²) in [5, 5.41) is 9.72. The molecule has 2 rings (SSSR count). The predicted octanol–water partition coefficient (Wildman–Crippen LogP) is 1.55. The van der Waals surface area contributed by atoms with Gasteiger partial charge in [-0.2, -0.15) is 13.2 Å². The molecule has 23 heavy (non-hydrogen) atoms. The van der Waals surface area contributed by atoms with Crippen LogP contribution in [0.25, 0.3) is 0 Å². The Kier molecular flexibility index (Phi) is 5.23. The van der Waals surface area contributed by atoms with Crippen LogP contribution in [0.5, 0.6) is 0 Å². The highest BCUT2D eigenvalue weighted by molar-refractivity contribution is 5.80. The fourth-order valence-corrected chi connectivity index (χ4v) is 3.68. The summed E-state index contributed by atoms with van der Waals surface area (Å²) in [4.78, 5) is 27.1. The highest BCUT2D eigenvalue weighted by Crippen LogP contribution is 2.36. The number of carbonyl (C=O) groups is 2. The Labute approximate surface area is 133 Å². The minimum Gasteiger partial charge on any atom is -0.394 e. The van der Waals surface area contributed by atoms with Gasteiger partial charge in [-0.25, -0.2) is 0 Å². The molecule has 2 fully saturated rings. The Morgan fingerprint density at radius 1 is 1.22 bits per heavy atom. The van der Waals surface area contributed by atoms with Crippen molar-refractivity contribution in [3.05, 3.63) is 0 Å². The van der Waals surface area contributed by atoms with Crippen molar-refractivity contribution in [1.29, 1.82) is 0 Å². The van der Waals surface area contributed by atoms with E-state index in [0.717, 1.165) is 0 Å². The zero-order chi connectivity index (χ0) is 17.3. The topological polar surface area (TPSA) is 60.9 Å². The summed E-state index contributed by atoms with van der Waals surface area (Å²) in [6.07, 6.45) is -3.16. The standard InChI is InChI=1S/C15H23F3N2O3/c1-11(22)20-6-2-5-14(20,10-21)9-13(23)19-7-3-12(4-8-19)15(16,17)18/h12,21H,2-10H2,1H3/t14-/m1/s1. The number of rotatable bonds is 3. The molecule has 8 heteroatoms. The fraction of sp³-hybridized carbons (Fsp3) is 0.867. The number of likely N-dealkylation sites (tertiary alicyclic amines) is 2. The lowest BCUT2D eigenvalue weighted by atomic mass is 9.90. The first-order valence-corrected chi connectivity index (χ1v) is 7.93. The van der Waals surface area contributed by atoms with Crippen molar-refractivity contribution in [3.63, 3.8) is 0 Å². The molecule has 2 aliphatic rings. The molecule has 2 aliphatic heterocycles. The number of halogens is 3. The summed E-state index contributed by atoms with van der Waals surface area (Å²) in [5.74, 6) is -1.83. The van der Waals surface area contributed by atoms with Gasteiger partial charge >= 0.3 is 6.18 Å². The molecule has 0 radical (unpaired) electrons. The van der Waals surface area contributed by atoms with Crippen molar-refractivity contribution in [2.24, 2.45) is 5.92 Å². The van der Waals surface area contributed by atoms with E-state index in [2.05, 4.69) is 0 Å². The summed E-state index contributed by atoms with van der Waals surface area (Å²) < 4.78 is 38.0. The zero-order valence-corrected chi connectivity index (χ0v) is 13.2. The second-order valence-corrected chi connectivity index (χ2v) is 6.53. The van der Waals surface area contributed by atoms with E-state index in [4.69, 9.17) is 0 Å². The molecular formula is C15H23F3N2O3. The maximum absolute atomic E-state index is 12.7. The van der Waals surface area contributed by atoms with Gasteiger partial charge in [-0.15, -0.1) is 0 Å². The lowest BCUT2D eigenvalue weighted by Crippen LogP contribution is -2.53. The summed E-state index contributed by atoms with van der Waals surface area (Å²) in [7, 11) is 0. The number of hydrogen-bond acceptors (Lipinski definition) is 3. The van der Waals surface area contributed by atoms with Gasteiger partial charge in [-0.3, -0.25) is 9.59 Å². The van der Waals surface area contributed by atoms with Gasteiger partial charge in [0.15, 0.2) is 0 Å². The van der Waals surface area contributed by atoms with Crippen molar-refractivity contribution in [3.8, 4) is 0 Å². The van der Waals surface area contributed by atoms with E-state index in [1.54, 1.807) is 0 Å². The van der Waals surface area contributed by atoms with Gasteiger partial charge in [-0.1, -0.05) is 0 Å². The number of piperidine rings is 1. The molecule has 5 nitrogen and oxygen atoms in total. The molecule has 1 N–H and O–H groups in total. The average molecular weight is 336 g/mol. The van der Waals surface area contributed by atoms with Crippen molar-refractivity contribution in [1.82, 2.24) is 9.80 Å². The van der Waals surface area contributed by atoms with Crippen LogP contribution in [0.15, 0.2) is 0 Å². The molecule has 2 amide bonds. The van der Waals surface area contributed by atoms with Crippen LogP contribution >= 0.6 is 0 Å². The van der Waals surface area contributed by atoms with Gasteiger partial charge in [0.25, 0.3) is 0 Å². The lowest BCUT2D eigenvalue weighted by Gasteiger charge is -2.39. The van der Waals surface area contributed by atoms with Crippen LogP contribution in [-0.4, -0.2) is 64.7 Å². The fourth-order valence-electron chi connectivity index (χ4n) is 3.68. The number of alkyl halides is 3. The van der Waals surface area contributed by atoms with E-state index in [9.17, 15) is 27.9 Å². The van der Waals surface area contributed by atoms with Crippen LogP contribution in [0.1, 0.15) is 39.0 Å². The summed E-state index contributed by atoms with van der Waals surface area (Å²) >= 11 is 0. The number of aliphatic hydroxyl groups excluding tert-OH is 1. The molecule has 0 bridgehead atoms. The van der Waals surface area contributed by atoms with E-state index in [1.165, 1.54) is 16.7 Å². The van der Waals surface area contributed by atoms with Gasteiger partial charge in [-0.05, 0) is 25.7 Å². The first-order valence-electron chi connectivity index (χ1n) is 7.93. The number of hydrogen-bond donors (Lipinski definition) is 1. The molecule has 0 aromatic heterocycles. The van der Waals surface area contributed by atoms with Crippen LogP contribution < -0.4 is 0 Å². The number of aliphatic hydroxyl groups is 1. The Balaban J connectivity index is 1.98. The molecule has 1 atom stereocenters. The molecule has 2 heterocycles. The minimum absolute atomic E-state index is 0.0280. The predicted molar refractivity (Wildman–Crippen MR) is 76.4 cm³/mol. The van der Waals surface area contributed by atoms with E-state index in [1.807, 2.05) is 0 Å². The minimum atomic E-state index is -4.21. The monoisotopic (exact) mass is 336 g/mol. The van der Waals surface area contributed by atoms with Crippen LogP contribution in [-0.2, 0) is 9.59 Å². The Morgan fingerprint density at radius 2 is 1.83 bits per heavy atom. The van der Waals surface area contributed by atoms with Gasteiger partial charge in [0.05, 0.1) is 24.5 Å². The van der Waals surface area contributed by atoms with Crippen LogP contribution in [0.2, 0.25) is 0 Å². The Bertz CT molecular complexity index is 461. The largest absolute Gasteiger partial charge is 0.394 e. The van der Waals surface area contributed by atoms with E-state index in [-0.39, 0.29) is 50.8 Å². The van der Waals surface area contributed by atoms with Crippen molar-refractivity contribution < 1.29 is 27.9 Å². The number of carbonyl (C=O) groups excluding carboxylic acids is 2. The van der Waals surface area contributed by atoms with E-state index >= 15 is 0 Å². The molecule has 0 aliphatic carbocycles. The van der Waals surface area contributed by atoms with Crippen LogP contribution in [0.3, 0.4) is 0 Å². The third-order valence-electron chi connectivity index (χ3n) is 5.06. The third kappa shape index (κ3) is 3.79. The molecule has 0 aromatic carbocycles. The van der Waals surface area contributed by atoms with Gasteiger partial charge in [0.1, 0.15) is 0 Å². The van der Waals surface area contributed by atoms with Crippen LogP contribution in [0.4, 0.5) is 13.2 Å². The first-order chi connectivity index (χ1) is 10.7. The normalized spacial score (nSPS) is 26.7. The van der Waals surface area contributed by atoms with Crippen molar-refractivity contribution in [2.75, 3.05) is 26.2 Å². The van der Waals surface area contributed by atoms with Crippen molar-refractivity contribution in [2.45, 2.75) is 50.7 Å². The van der Waals surface area contributed by atoms with Gasteiger partial charge in [0.2, 0.25) is 11.8 Å². The van der Waals surface area contributed by atoms with E-state index < -0.39 is 17.6 Å². The number of amides is 2. The smallest absolute Gasteiger partial charge is 0.391 e. The molecule has 0 spiro atoms. The second kappa shape index (κ2) is 6.67.